The zero-order chi connectivity index (χ0) is 14.1. The highest BCUT2D eigenvalue weighted by molar-refractivity contribution is 5.59. The molecule has 4 aliphatic carbocycles. The SMILES string of the molecule is Cc1c(C#N)c(N)n(C)c1C12CC3CC(CC(C3)C1)C2. The first-order valence-corrected chi connectivity index (χ1v) is 7.89. The Hall–Kier alpha value is -1.43. The number of rotatable bonds is 1. The van der Waals surface area contributed by atoms with Crippen molar-refractivity contribution in [2.75, 3.05) is 5.73 Å². The second-order valence-electron chi connectivity index (χ2n) is 7.60. The molecule has 106 valence electrons. The molecular weight excluding hydrogens is 246 g/mol. The van der Waals surface area contributed by atoms with Gasteiger partial charge in [0.05, 0.1) is 5.56 Å². The summed E-state index contributed by atoms with van der Waals surface area (Å²) in [6.45, 7) is 2.10. The fraction of sp³-hybridized carbons (Fsp3) is 0.706. The molecule has 5 rings (SSSR count). The van der Waals surface area contributed by atoms with Gasteiger partial charge in [-0.05, 0) is 68.8 Å². The van der Waals surface area contributed by atoms with Crippen molar-refractivity contribution in [1.29, 1.82) is 5.26 Å². The molecule has 4 fully saturated rings. The maximum Gasteiger partial charge on any atom is 0.121 e. The van der Waals surface area contributed by atoms with E-state index in [0.29, 0.717) is 16.8 Å². The lowest BCUT2D eigenvalue weighted by Crippen LogP contribution is -2.49. The first kappa shape index (κ1) is 12.3. The van der Waals surface area contributed by atoms with Gasteiger partial charge in [-0.3, -0.25) is 0 Å². The molecule has 3 heteroatoms. The molecule has 0 unspecified atom stereocenters. The number of nitrogens with two attached hydrogens (primary N) is 1. The Morgan fingerprint density at radius 1 is 1.15 bits per heavy atom. The summed E-state index contributed by atoms with van der Waals surface area (Å²) < 4.78 is 2.13. The molecule has 3 nitrogen and oxygen atoms in total. The van der Waals surface area contributed by atoms with Crippen molar-refractivity contribution in [1.82, 2.24) is 4.57 Å². The molecular formula is C17H23N3. The molecule has 1 aromatic heterocycles. The smallest absolute Gasteiger partial charge is 0.121 e. The number of nitrogens with zero attached hydrogens (tertiary/aromatic N) is 2. The van der Waals surface area contributed by atoms with E-state index in [1.165, 1.54) is 44.2 Å². The molecule has 2 N–H and O–H groups in total. The predicted molar refractivity (Wildman–Crippen MR) is 79.1 cm³/mol. The average molecular weight is 269 g/mol. The first-order chi connectivity index (χ1) is 9.54. The van der Waals surface area contributed by atoms with Crippen molar-refractivity contribution in [3.05, 3.63) is 16.8 Å². The third-order valence-corrected chi connectivity index (χ3v) is 6.34. The highest BCUT2D eigenvalue weighted by Crippen LogP contribution is 2.61. The van der Waals surface area contributed by atoms with E-state index in [9.17, 15) is 5.26 Å². The Kier molecular flexibility index (Phi) is 2.35. The molecule has 1 heterocycles. The van der Waals surface area contributed by atoms with Crippen LogP contribution in [0, 0.1) is 36.0 Å². The van der Waals surface area contributed by atoms with Gasteiger partial charge in [0.1, 0.15) is 11.9 Å². The van der Waals surface area contributed by atoms with E-state index in [1.54, 1.807) is 0 Å². The zero-order valence-electron chi connectivity index (χ0n) is 12.4. The van der Waals surface area contributed by atoms with Gasteiger partial charge in [-0.15, -0.1) is 0 Å². The van der Waals surface area contributed by atoms with Crippen LogP contribution in [0.4, 0.5) is 5.82 Å². The quantitative estimate of drug-likeness (QED) is 0.850. The first-order valence-electron chi connectivity index (χ1n) is 7.89. The topological polar surface area (TPSA) is 54.7 Å². The Morgan fingerprint density at radius 3 is 2.05 bits per heavy atom. The summed E-state index contributed by atoms with van der Waals surface area (Å²) in [5.41, 5.74) is 9.72. The van der Waals surface area contributed by atoms with E-state index in [1.807, 2.05) is 0 Å². The minimum Gasteiger partial charge on any atom is -0.384 e. The van der Waals surface area contributed by atoms with Crippen LogP contribution in [0.1, 0.15) is 55.3 Å². The van der Waals surface area contributed by atoms with E-state index in [0.717, 1.165) is 23.3 Å². The average Bonchev–Trinajstić information content (AvgIpc) is 2.58. The molecule has 20 heavy (non-hydrogen) atoms. The Labute approximate surface area is 120 Å². The zero-order valence-corrected chi connectivity index (χ0v) is 12.4. The molecule has 0 saturated heterocycles. The molecule has 0 spiro atoms. The molecule has 4 saturated carbocycles. The van der Waals surface area contributed by atoms with Crippen molar-refractivity contribution in [2.45, 2.75) is 50.9 Å². The van der Waals surface area contributed by atoms with Crippen LogP contribution in [0.3, 0.4) is 0 Å². The van der Waals surface area contributed by atoms with Crippen LogP contribution in [0.2, 0.25) is 0 Å². The van der Waals surface area contributed by atoms with Gasteiger partial charge in [-0.25, -0.2) is 0 Å². The van der Waals surface area contributed by atoms with Gasteiger partial charge in [-0.1, -0.05) is 0 Å². The van der Waals surface area contributed by atoms with Gasteiger partial charge in [0.15, 0.2) is 0 Å². The molecule has 0 amide bonds. The number of anilines is 1. The maximum absolute atomic E-state index is 9.38. The molecule has 4 aliphatic rings. The lowest BCUT2D eigenvalue weighted by molar-refractivity contribution is -0.00864. The van der Waals surface area contributed by atoms with Crippen molar-refractivity contribution in [3.8, 4) is 6.07 Å². The number of nitrogen functional groups attached to an aromatic ring is 1. The van der Waals surface area contributed by atoms with E-state index in [2.05, 4.69) is 24.6 Å². The molecule has 0 aromatic carbocycles. The van der Waals surface area contributed by atoms with Gasteiger partial charge >= 0.3 is 0 Å². The monoisotopic (exact) mass is 269 g/mol. The van der Waals surface area contributed by atoms with Gasteiger partial charge in [0.2, 0.25) is 0 Å². The van der Waals surface area contributed by atoms with Crippen LogP contribution in [-0.2, 0) is 12.5 Å². The van der Waals surface area contributed by atoms with Crippen molar-refractivity contribution >= 4 is 5.82 Å². The molecule has 0 radical (unpaired) electrons. The van der Waals surface area contributed by atoms with E-state index < -0.39 is 0 Å². The lowest BCUT2D eigenvalue weighted by Gasteiger charge is -2.57. The van der Waals surface area contributed by atoms with Crippen LogP contribution in [0.5, 0.6) is 0 Å². The molecule has 1 aromatic rings. The second kappa shape index (κ2) is 3.81. The summed E-state index contributed by atoms with van der Waals surface area (Å²) in [7, 11) is 2.05. The number of hydrogen-bond donors (Lipinski definition) is 1. The van der Waals surface area contributed by atoms with Crippen molar-refractivity contribution in [2.24, 2.45) is 24.8 Å². The summed E-state index contributed by atoms with van der Waals surface area (Å²) in [4.78, 5) is 0. The van der Waals surface area contributed by atoms with Crippen LogP contribution >= 0.6 is 0 Å². The minimum atomic E-state index is 0.316. The summed E-state index contributed by atoms with van der Waals surface area (Å²) in [6, 6.07) is 2.31. The van der Waals surface area contributed by atoms with Gasteiger partial charge in [0, 0.05) is 18.2 Å². The van der Waals surface area contributed by atoms with E-state index in [-0.39, 0.29) is 0 Å². The highest BCUT2D eigenvalue weighted by Gasteiger charge is 2.53. The number of nitriles is 1. The Morgan fingerprint density at radius 2 is 1.65 bits per heavy atom. The van der Waals surface area contributed by atoms with Crippen molar-refractivity contribution < 1.29 is 0 Å². The normalized spacial score (nSPS) is 38.1. The Balaban J connectivity index is 1.88. The third kappa shape index (κ3) is 1.40. The number of aromatic nitrogens is 1. The number of hydrogen-bond acceptors (Lipinski definition) is 2. The van der Waals surface area contributed by atoms with Gasteiger partial charge in [0.25, 0.3) is 0 Å². The largest absolute Gasteiger partial charge is 0.384 e. The van der Waals surface area contributed by atoms with E-state index in [4.69, 9.17) is 5.73 Å². The second-order valence-corrected chi connectivity index (χ2v) is 7.60. The summed E-state index contributed by atoms with van der Waals surface area (Å²) >= 11 is 0. The molecule has 0 aliphatic heterocycles. The summed E-state index contributed by atoms with van der Waals surface area (Å²) in [5.74, 6) is 3.42. The van der Waals surface area contributed by atoms with Crippen LogP contribution in [0.25, 0.3) is 0 Å². The van der Waals surface area contributed by atoms with Crippen LogP contribution in [-0.4, -0.2) is 4.57 Å². The minimum absolute atomic E-state index is 0.316. The molecule has 0 atom stereocenters. The maximum atomic E-state index is 9.38. The van der Waals surface area contributed by atoms with Crippen LogP contribution in [0.15, 0.2) is 0 Å². The van der Waals surface area contributed by atoms with Gasteiger partial charge in [-0.2, -0.15) is 5.26 Å². The standard InChI is InChI=1S/C17H23N3/c1-10-14(9-18)16(19)20(2)15(10)17-6-11-3-12(7-17)5-13(4-11)8-17/h11-13H,3-8,19H2,1-2H3. The van der Waals surface area contributed by atoms with E-state index >= 15 is 0 Å². The third-order valence-electron chi connectivity index (χ3n) is 6.34. The summed E-state index contributed by atoms with van der Waals surface area (Å²) in [6.07, 6.45) is 8.31. The predicted octanol–water partition coefficient (Wildman–Crippen LogP) is 3.26. The van der Waals surface area contributed by atoms with Crippen LogP contribution < -0.4 is 5.73 Å². The summed E-state index contributed by atoms with van der Waals surface area (Å²) in [5, 5.41) is 9.38. The fourth-order valence-electron chi connectivity index (χ4n) is 6.15. The highest BCUT2D eigenvalue weighted by atomic mass is 15.0. The van der Waals surface area contributed by atoms with Gasteiger partial charge < -0.3 is 10.3 Å². The van der Waals surface area contributed by atoms with Crippen molar-refractivity contribution in [3.63, 3.8) is 0 Å². The lowest BCUT2D eigenvalue weighted by atomic mass is 9.48. The molecule has 4 bridgehead atoms. The fourth-order valence-corrected chi connectivity index (χ4v) is 6.15. The Bertz CT molecular complexity index is 582.